The molecule has 0 saturated heterocycles. The van der Waals surface area contributed by atoms with E-state index in [1.165, 1.54) is 12.1 Å². The molecule has 0 bridgehead atoms. The molecule has 0 aliphatic heterocycles. The number of aldehydes is 2. The quantitative estimate of drug-likeness (QED) is 0.631. The number of halogens is 3. The van der Waals surface area contributed by atoms with E-state index in [1.807, 2.05) is 0 Å². The minimum atomic E-state index is -3.03. The summed E-state index contributed by atoms with van der Waals surface area (Å²) < 4.78 is 28.4. The standard InChI is InChI=1S/C9H5F2IO3/c10-9(11)15-8-6(4-14)2-1-5(3-13)7(8)12/h1-4,9H. The highest BCUT2D eigenvalue weighted by Crippen LogP contribution is 2.28. The zero-order valence-electron chi connectivity index (χ0n) is 7.25. The Morgan fingerprint density at radius 1 is 1.20 bits per heavy atom. The third-order valence-corrected chi connectivity index (χ3v) is 2.73. The molecule has 6 heteroatoms. The fourth-order valence-corrected chi connectivity index (χ4v) is 1.72. The molecule has 0 amide bonds. The maximum atomic E-state index is 12.0. The van der Waals surface area contributed by atoms with Crippen LogP contribution in [0.1, 0.15) is 20.7 Å². The lowest BCUT2D eigenvalue weighted by Gasteiger charge is -2.10. The van der Waals surface area contributed by atoms with Crippen LogP contribution in [-0.2, 0) is 0 Å². The number of carbonyl (C=O) groups is 2. The van der Waals surface area contributed by atoms with E-state index in [1.54, 1.807) is 22.6 Å². The van der Waals surface area contributed by atoms with Crippen molar-refractivity contribution in [2.45, 2.75) is 6.61 Å². The van der Waals surface area contributed by atoms with Crippen molar-refractivity contribution in [1.82, 2.24) is 0 Å². The number of alkyl halides is 2. The zero-order valence-corrected chi connectivity index (χ0v) is 9.40. The Kier molecular flexibility index (Phi) is 4.13. The lowest BCUT2D eigenvalue weighted by atomic mass is 10.1. The van der Waals surface area contributed by atoms with Crippen LogP contribution in [0.2, 0.25) is 0 Å². The van der Waals surface area contributed by atoms with Crippen molar-refractivity contribution in [2.75, 3.05) is 0 Å². The highest BCUT2D eigenvalue weighted by atomic mass is 127. The number of benzene rings is 1. The first-order valence-corrected chi connectivity index (χ1v) is 4.85. The summed E-state index contributed by atoms with van der Waals surface area (Å²) in [5, 5.41) is 0. The molecule has 0 fully saturated rings. The normalized spacial score (nSPS) is 10.1. The van der Waals surface area contributed by atoms with E-state index in [0.717, 1.165) is 0 Å². The number of hydrogen-bond donors (Lipinski definition) is 0. The van der Waals surface area contributed by atoms with Crippen molar-refractivity contribution in [1.29, 1.82) is 0 Å². The molecule has 0 N–H and O–H groups in total. The van der Waals surface area contributed by atoms with Gasteiger partial charge in [0.15, 0.2) is 18.3 Å². The second kappa shape index (κ2) is 5.15. The molecule has 0 radical (unpaired) electrons. The van der Waals surface area contributed by atoms with Crippen molar-refractivity contribution in [2.24, 2.45) is 0 Å². The monoisotopic (exact) mass is 326 g/mol. The maximum Gasteiger partial charge on any atom is 0.387 e. The van der Waals surface area contributed by atoms with Gasteiger partial charge in [0.1, 0.15) is 0 Å². The highest BCUT2D eigenvalue weighted by Gasteiger charge is 2.15. The Morgan fingerprint density at radius 3 is 2.20 bits per heavy atom. The highest BCUT2D eigenvalue weighted by molar-refractivity contribution is 14.1. The van der Waals surface area contributed by atoms with Gasteiger partial charge in [-0.05, 0) is 34.7 Å². The van der Waals surface area contributed by atoms with Crippen LogP contribution < -0.4 is 4.74 Å². The van der Waals surface area contributed by atoms with Crippen molar-refractivity contribution < 1.29 is 23.1 Å². The Hall–Kier alpha value is -1.05. The van der Waals surface area contributed by atoms with Crippen LogP contribution in [0.25, 0.3) is 0 Å². The van der Waals surface area contributed by atoms with E-state index in [2.05, 4.69) is 4.74 Å². The molecule has 1 rings (SSSR count). The first-order chi connectivity index (χ1) is 7.10. The summed E-state index contributed by atoms with van der Waals surface area (Å²) in [6, 6.07) is 2.63. The summed E-state index contributed by atoms with van der Waals surface area (Å²) in [4.78, 5) is 21.1. The van der Waals surface area contributed by atoms with Crippen molar-refractivity contribution >= 4 is 35.2 Å². The fourth-order valence-electron chi connectivity index (χ4n) is 0.979. The summed E-state index contributed by atoms with van der Waals surface area (Å²) >= 11 is 1.67. The fraction of sp³-hybridized carbons (Fsp3) is 0.111. The molecule has 0 spiro atoms. The first kappa shape index (κ1) is 12.0. The van der Waals surface area contributed by atoms with Gasteiger partial charge in [0.2, 0.25) is 0 Å². The van der Waals surface area contributed by atoms with Gasteiger partial charge in [0.25, 0.3) is 0 Å². The van der Waals surface area contributed by atoms with Crippen molar-refractivity contribution in [3.8, 4) is 5.75 Å². The SMILES string of the molecule is O=Cc1ccc(C=O)c(OC(F)F)c1I. The topological polar surface area (TPSA) is 43.4 Å². The van der Waals surface area contributed by atoms with E-state index < -0.39 is 6.61 Å². The van der Waals surface area contributed by atoms with Crippen LogP contribution in [0.15, 0.2) is 12.1 Å². The van der Waals surface area contributed by atoms with Gasteiger partial charge in [-0.1, -0.05) is 0 Å². The maximum absolute atomic E-state index is 12.0. The summed E-state index contributed by atoms with van der Waals surface area (Å²) in [5.74, 6) is -0.259. The van der Waals surface area contributed by atoms with Gasteiger partial charge < -0.3 is 4.74 Å². The molecule has 0 aliphatic carbocycles. The zero-order chi connectivity index (χ0) is 11.4. The smallest absolute Gasteiger partial charge is 0.387 e. The van der Waals surface area contributed by atoms with Crippen LogP contribution in [0.4, 0.5) is 8.78 Å². The van der Waals surface area contributed by atoms with E-state index in [-0.39, 0.29) is 20.4 Å². The first-order valence-electron chi connectivity index (χ1n) is 3.77. The van der Waals surface area contributed by atoms with Gasteiger partial charge in [0, 0.05) is 5.56 Å². The molecular formula is C9H5F2IO3. The molecule has 80 valence electrons. The van der Waals surface area contributed by atoms with Crippen LogP contribution in [-0.4, -0.2) is 19.2 Å². The number of rotatable bonds is 4. The summed E-state index contributed by atoms with van der Waals surface area (Å²) in [6.07, 6.45) is 0.906. The second-order valence-corrected chi connectivity index (χ2v) is 3.58. The predicted molar refractivity (Wildman–Crippen MR) is 56.6 cm³/mol. The Morgan fingerprint density at radius 2 is 1.73 bits per heavy atom. The Bertz CT molecular complexity index is 393. The van der Waals surface area contributed by atoms with Gasteiger partial charge in [-0.15, -0.1) is 0 Å². The lowest BCUT2D eigenvalue weighted by Crippen LogP contribution is -2.07. The molecule has 1 aromatic carbocycles. The number of carbonyl (C=O) groups excluding carboxylic acids is 2. The predicted octanol–water partition coefficient (Wildman–Crippen LogP) is 2.52. The molecule has 0 aromatic heterocycles. The number of ether oxygens (including phenoxy) is 1. The molecule has 0 heterocycles. The molecule has 3 nitrogen and oxygen atoms in total. The molecule has 0 atom stereocenters. The van der Waals surface area contributed by atoms with E-state index in [4.69, 9.17) is 0 Å². The molecule has 0 saturated carbocycles. The van der Waals surface area contributed by atoms with Gasteiger partial charge in [-0.25, -0.2) is 0 Å². The average molecular weight is 326 g/mol. The molecule has 1 aromatic rings. The van der Waals surface area contributed by atoms with Crippen molar-refractivity contribution in [3.63, 3.8) is 0 Å². The van der Waals surface area contributed by atoms with Crippen LogP contribution in [0, 0.1) is 3.57 Å². The third kappa shape index (κ3) is 2.71. The van der Waals surface area contributed by atoms with E-state index >= 15 is 0 Å². The van der Waals surface area contributed by atoms with Gasteiger partial charge in [0.05, 0.1) is 9.13 Å². The van der Waals surface area contributed by atoms with Gasteiger partial charge >= 0.3 is 6.61 Å². The largest absolute Gasteiger partial charge is 0.433 e. The summed E-state index contributed by atoms with van der Waals surface area (Å²) in [7, 11) is 0. The van der Waals surface area contributed by atoms with Gasteiger partial charge in [-0.2, -0.15) is 8.78 Å². The molecule has 0 unspecified atom stereocenters. The second-order valence-electron chi connectivity index (χ2n) is 2.50. The number of hydrogen-bond acceptors (Lipinski definition) is 3. The van der Waals surface area contributed by atoms with Crippen LogP contribution in [0.5, 0.6) is 5.75 Å². The van der Waals surface area contributed by atoms with E-state index in [9.17, 15) is 18.4 Å². The minimum absolute atomic E-state index is 0.00898. The molecular weight excluding hydrogens is 321 g/mol. The minimum Gasteiger partial charge on any atom is -0.433 e. The summed E-state index contributed by atoms with van der Waals surface area (Å²) in [5.41, 5.74) is 0.196. The van der Waals surface area contributed by atoms with Crippen molar-refractivity contribution in [3.05, 3.63) is 26.8 Å². The molecule has 0 aliphatic rings. The van der Waals surface area contributed by atoms with Crippen LogP contribution >= 0.6 is 22.6 Å². The third-order valence-electron chi connectivity index (χ3n) is 1.62. The molecule has 15 heavy (non-hydrogen) atoms. The average Bonchev–Trinajstić information content (AvgIpc) is 2.20. The van der Waals surface area contributed by atoms with Crippen LogP contribution in [0.3, 0.4) is 0 Å². The Labute approximate surface area is 97.6 Å². The van der Waals surface area contributed by atoms with Gasteiger partial charge in [-0.3, -0.25) is 9.59 Å². The Balaban J connectivity index is 3.28. The summed E-state index contributed by atoms with van der Waals surface area (Å²) in [6.45, 7) is -3.03. The van der Waals surface area contributed by atoms with E-state index in [0.29, 0.717) is 12.6 Å². The lowest BCUT2D eigenvalue weighted by molar-refractivity contribution is -0.0506.